The maximum absolute atomic E-state index is 12.8. The van der Waals surface area contributed by atoms with Crippen LogP contribution in [-0.2, 0) is 9.53 Å². The van der Waals surface area contributed by atoms with E-state index in [1.165, 1.54) is 5.56 Å². The molecule has 1 aromatic carbocycles. The summed E-state index contributed by atoms with van der Waals surface area (Å²) in [7, 11) is 0. The third kappa shape index (κ3) is 3.26. The Morgan fingerprint density at radius 2 is 1.81 bits per heavy atom. The van der Waals surface area contributed by atoms with E-state index in [-0.39, 0.29) is 23.1 Å². The van der Waals surface area contributed by atoms with Crippen LogP contribution in [0.2, 0.25) is 0 Å². The molecule has 4 aliphatic rings. The van der Waals surface area contributed by atoms with Gasteiger partial charge in [-0.2, -0.15) is 0 Å². The summed E-state index contributed by atoms with van der Waals surface area (Å²) in [5, 5.41) is 3.00. The molecule has 27 heavy (non-hydrogen) atoms. The van der Waals surface area contributed by atoms with Gasteiger partial charge in [-0.05, 0) is 59.1 Å². The van der Waals surface area contributed by atoms with Crippen molar-refractivity contribution in [2.24, 2.45) is 0 Å². The topological polar surface area (TPSA) is 67.9 Å². The smallest absolute Gasteiger partial charge is 0.408 e. The number of ether oxygens (including phenoxy) is 2. The van der Waals surface area contributed by atoms with Crippen molar-refractivity contribution in [1.29, 1.82) is 0 Å². The second kappa shape index (κ2) is 5.88. The van der Waals surface area contributed by atoms with Crippen molar-refractivity contribution in [3.05, 3.63) is 29.8 Å². The molecule has 3 aliphatic carbocycles. The number of benzene rings is 1. The van der Waals surface area contributed by atoms with Gasteiger partial charge in [-0.1, -0.05) is 17.7 Å². The number of carbonyl (C=O) groups excluding carboxylic acids is 2. The Balaban J connectivity index is 1.31. The van der Waals surface area contributed by atoms with Gasteiger partial charge < -0.3 is 19.7 Å². The fourth-order valence-electron chi connectivity index (χ4n) is 4.69. The average Bonchev–Trinajstić information content (AvgIpc) is 2.83. The van der Waals surface area contributed by atoms with Crippen LogP contribution < -0.4 is 10.1 Å². The molecule has 3 saturated carbocycles. The van der Waals surface area contributed by atoms with Gasteiger partial charge >= 0.3 is 6.09 Å². The fourth-order valence-corrected chi connectivity index (χ4v) is 4.69. The van der Waals surface area contributed by atoms with E-state index in [0.717, 1.165) is 31.6 Å². The molecule has 2 bridgehead atoms. The van der Waals surface area contributed by atoms with Gasteiger partial charge in [-0.3, -0.25) is 4.79 Å². The van der Waals surface area contributed by atoms with Crippen LogP contribution in [0.3, 0.4) is 0 Å². The number of rotatable bonds is 4. The van der Waals surface area contributed by atoms with E-state index in [1.54, 1.807) is 0 Å². The minimum absolute atomic E-state index is 0.0705. The molecule has 6 heteroatoms. The fraction of sp³-hybridized carbons (Fsp3) is 0.619. The van der Waals surface area contributed by atoms with Crippen LogP contribution in [0.1, 0.15) is 52.0 Å². The van der Waals surface area contributed by atoms with Crippen LogP contribution >= 0.6 is 0 Å². The molecular formula is C21H28N2O4. The van der Waals surface area contributed by atoms with Crippen molar-refractivity contribution < 1.29 is 19.1 Å². The quantitative estimate of drug-likeness (QED) is 0.881. The zero-order valence-corrected chi connectivity index (χ0v) is 16.5. The van der Waals surface area contributed by atoms with E-state index in [0.29, 0.717) is 6.42 Å². The lowest BCUT2D eigenvalue weighted by Gasteiger charge is -2.72. The zero-order valence-electron chi connectivity index (χ0n) is 16.5. The third-order valence-electron chi connectivity index (χ3n) is 5.80. The normalized spacial score (nSPS) is 31.8. The lowest BCUT2D eigenvalue weighted by molar-refractivity contribution is -0.184. The van der Waals surface area contributed by atoms with Gasteiger partial charge in [0.15, 0.2) is 6.10 Å². The number of nitrogens with one attached hydrogen (secondary N) is 1. The molecule has 1 aliphatic heterocycles. The number of hydrogen-bond donors (Lipinski definition) is 1. The van der Waals surface area contributed by atoms with Gasteiger partial charge in [0, 0.05) is 18.5 Å². The first-order valence-corrected chi connectivity index (χ1v) is 9.66. The Hall–Kier alpha value is -2.24. The molecule has 1 aromatic rings. The molecule has 146 valence electrons. The minimum Gasteiger partial charge on any atom is -0.481 e. The van der Waals surface area contributed by atoms with Crippen LogP contribution in [0.4, 0.5) is 4.79 Å². The molecule has 6 nitrogen and oxygen atoms in total. The summed E-state index contributed by atoms with van der Waals surface area (Å²) in [4.78, 5) is 26.8. The summed E-state index contributed by atoms with van der Waals surface area (Å²) in [5.74, 6) is 0.808. The van der Waals surface area contributed by atoms with Crippen LogP contribution in [-0.4, -0.2) is 46.2 Å². The second-order valence-electron chi connectivity index (χ2n) is 9.36. The molecule has 4 fully saturated rings. The number of aryl methyl sites for hydroxylation is 1. The molecule has 0 radical (unpaired) electrons. The first-order valence-electron chi connectivity index (χ1n) is 9.66. The molecule has 1 atom stereocenters. The summed E-state index contributed by atoms with van der Waals surface area (Å²) < 4.78 is 11.3. The maximum Gasteiger partial charge on any atom is 0.408 e. The Morgan fingerprint density at radius 3 is 2.41 bits per heavy atom. The van der Waals surface area contributed by atoms with Crippen molar-refractivity contribution in [2.75, 3.05) is 6.54 Å². The monoisotopic (exact) mass is 372 g/mol. The van der Waals surface area contributed by atoms with Crippen LogP contribution in [0.5, 0.6) is 5.75 Å². The van der Waals surface area contributed by atoms with Crippen LogP contribution in [0.25, 0.3) is 0 Å². The second-order valence-corrected chi connectivity index (χ2v) is 9.36. The van der Waals surface area contributed by atoms with E-state index in [1.807, 2.05) is 56.9 Å². The van der Waals surface area contributed by atoms with Crippen molar-refractivity contribution in [2.45, 2.75) is 76.2 Å². The van der Waals surface area contributed by atoms with Gasteiger partial charge in [0.2, 0.25) is 0 Å². The molecule has 1 unspecified atom stereocenters. The largest absolute Gasteiger partial charge is 0.481 e. The van der Waals surface area contributed by atoms with Gasteiger partial charge in [0.25, 0.3) is 5.91 Å². The number of amides is 2. The SMILES string of the molecule is Cc1ccc(OC2CCN(C34CC(NC(=O)OC(C)(C)C)(C3)C4)C2=O)cc1. The number of carbonyl (C=O) groups is 2. The summed E-state index contributed by atoms with van der Waals surface area (Å²) in [6.07, 6.45) is 2.36. The Bertz CT molecular complexity index is 746. The highest BCUT2D eigenvalue weighted by Crippen LogP contribution is 2.64. The minimum atomic E-state index is -0.503. The first kappa shape index (κ1) is 18.1. The van der Waals surface area contributed by atoms with E-state index in [9.17, 15) is 9.59 Å². The highest BCUT2D eigenvalue weighted by Gasteiger charge is 2.73. The molecule has 0 aromatic heterocycles. The van der Waals surface area contributed by atoms with Gasteiger partial charge in [-0.25, -0.2) is 4.79 Å². The highest BCUT2D eigenvalue weighted by atomic mass is 16.6. The lowest BCUT2D eigenvalue weighted by Crippen LogP contribution is -2.84. The zero-order chi connectivity index (χ0) is 19.4. The number of alkyl carbamates (subject to hydrolysis) is 1. The Kier molecular flexibility index (Phi) is 3.95. The summed E-state index contributed by atoms with van der Waals surface area (Å²) in [5.41, 5.74) is 0.366. The summed E-state index contributed by atoms with van der Waals surface area (Å²) in [6, 6.07) is 7.79. The molecule has 1 N–H and O–H groups in total. The van der Waals surface area contributed by atoms with Gasteiger partial charge in [-0.15, -0.1) is 0 Å². The Morgan fingerprint density at radius 1 is 1.19 bits per heavy atom. The third-order valence-corrected chi connectivity index (χ3v) is 5.80. The van der Waals surface area contributed by atoms with Gasteiger partial charge in [0.1, 0.15) is 11.4 Å². The first-order chi connectivity index (χ1) is 12.6. The summed E-state index contributed by atoms with van der Waals surface area (Å²) in [6.45, 7) is 8.31. The van der Waals surface area contributed by atoms with Crippen LogP contribution in [0, 0.1) is 6.92 Å². The number of likely N-dealkylation sites (tertiary alicyclic amines) is 1. The predicted molar refractivity (Wildman–Crippen MR) is 101 cm³/mol. The highest BCUT2D eigenvalue weighted by molar-refractivity contribution is 5.85. The maximum atomic E-state index is 12.8. The average molecular weight is 372 g/mol. The molecular weight excluding hydrogens is 344 g/mol. The standard InChI is InChI=1S/C21H28N2O4/c1-14-5-7-15(8-6-14)26-16-9-10-23(17(16)24)21-11-20(12-21,13-21)22-18(25)27-19(2,3)4/h5-8,16H,9-13H2,1-4H3,(H,22,25). The molecule has 2 amide bonds. The van der Waals surface area contributed by atoms with E-state index < -0.39 is 11.7 Å². The molecule has 0 spiro atoms. The number of nitrogens with zero attached hydrogens (tertiary/aromatic N) is 1. The summed E-state index contributed by atoms with van der Waals surface area (Å²) >= 11 is 0. The van der Waals surface area contributed by atoms with Crippen molar-refractivity contribution in [3.8, 4) is 5.75 Å². The lowest BCUT2D eigenvalue weighted by atomic mass is 9.43. The van der Waals surface area contributed by atoms with Crippen molar-refractivity contribution in [3.63, 3.8) is 0 Å². The van der Waals surface area contributed by atoms with Gasteiger partial charge in [0.05, 0.1) is 5.54 Å². The molecule has 1 heterocycles. The molecule has 1 saturated heterocycles. The Labute approximate surface area is 160 Å². The predicted octanol–water partition coefficient (Wildman–Crippen LogP) is 3.17. The molecule has 5 rings (SSSR count). The van der Waals surface area contributed by atoms with Crippen LogP contribution in [0.15, 0.2) is 24.3 Å². The van der Waals surface area contributed by atoms with Crippen molar-refractivity contribution >= 4 is 12.0 Å². The number of hydrogen-bond acceptors (Lipinski definition) is 4. The van der Waals surface area contributed by atoms with Crippen molar-refractivity contribution in [1.82, 2.24) is 10.2 Å². The van der Waals surface area contributed by atoms with E-state index in [2.05, 4.69) is 5.32 Å². The van der Waals surface area contributed by atoms with E-state index >= 15 is 0 Å². The van der Waals surface area contributed by atoms with E-state index in [4.69, 9.17) is 9.47 Å².